The van der Waals surface area contributed by atoms with Crippen LogP contribution >= 0.6 is 23.2 Å². The van der Waals surface area contributed by atoms with Gasteiger partial charge in [-0.3, -0.25) is 4.79 Å². The van der Waals surface area contributed by atoms with Crippen molar-refractivity contribution in [3.05, 3.63) is 50.9 Å². The van der Waals surface area contributed by atoms with Crippen LogP contribution in [0.3, 0.4) is 0 Å². The third kappa shape index (κ3) is 3.27. The van der Waals surface area contributed by atoms with Crippen LogP contribution in [0.5, 0.6) is 0 Å². The normalized spacial score (nSPS) is 16.3. The van der Waals surface area contributed by atoms with Crippen molar-refractivity contribution in [2.45, 2.75) is 4.90 Å². The minimum atomic E-state index is -3.60. The van der Waals surface area contributed by atoms with Crippen molar-refractivity contribution in [2.75, 3.05) is 31.1 Å². The number of aromatic nitrogens is 2. The molecule has 0 spiro atoms. The minimum absolute atomic E-state index is 0.0520. The Labute approximate surface area is 148 Å². The number of aromatic amines is 1. The van der Waals surface area contributed by atoms with Gasteiger partial charge in [0.1, 0.15) is 5.02 Å². The Kier molecular flexibility index (Phi) is 4.82. The lowest BCUT2D eigenvalue weighted by Crippen LogP contribution is -2.49. The van der Waals surface area contributed by atoms with Crippen molar-refractivity contribution in [3.63, 3.8) is 0 Å². The summed E-state index contributed by atoms with van der Waals surface area (Å²) in [6.45, 7) is 1.37. The molecule has 24 heavy (non-hydrogen) atoms. The van der Waals surface area contributed by atoms with Gasteiger partial charge in [-0.15, -0.1) is 0 Å². The molecule has 1 aromatic heterocycles. The highest BCUT2D eigenvalue weighted by molar-refractivity contribution is 7.89. The quantitative estimate of drug-likeness (QED) is 0.862. The smallest absolute Gasteiger partial charge is 0.285 e. The van der Waals surface area contributed by atoms with E-state index in [2.05, 4.69) is 10.2 Å². The molecule has 1 aliphatic rings. The first-order chi connectivity index (χ1) is 11.4. The Hall–Kier alpha value is -1.61. The molecule has 0 aliphatic carbocycles. The molecular formula is C14H14Cl2N4O3S. The lowest BCUT2D eigenvalue weighted by Gasteiger charge is -2.35. The van der Waals surface area contributed by atoms with Gasteiger partial charge in [-0.1, -0.05) is 29.3 Å². The zero-order valence-electron chi connectivity index (χ0n) is 12.4. The number of benzene rings is 1. The first-order valence-electron chi connectivity index (χ1n) is 7.13. The maximum atomic E-state index is 12.7. The highest BCUT2D eigenvalue weighted by Crippen LogP contribution is 2.25. The van der Waals surface area contributed by atoms with Gasteiger partial charge in [-0.2, -0.15) is 9.40 Å². The van der Waals surface area contributed by atoms with Crippen LogP contribution < -0.4 is 10.5 Å². The SMILES string of the molecule is O=c1[nH]ncc(N2CCN(S(=O)(=O)c3cccc(Cl)c3)CC2)c1Cl. The number of anilines is 1. The van der Waals surface area contributed by atoms with E-state index in [1.54, 1.807) is 12.1 Å². The van der Waals surface area contributed by atoms with E-state index in [0.29, 0.717) is 23.8 Å². The van der Waals surface area contributed by atoms with E-state index in [9.17, 15) is 13.2 Å². The molecule has 128 valence electrons. The topological polar surface area (TPSA) is 86.4 Å². The van der Waals surface area contributed by atoms with Gasteiger partial charge in [0.05, 0.1) is 16.8 Å². The Morgan fingerprint density at radius 1 is 1.12 bits per heavy atom. The number of H-pyrrole nitrogens is 1. The van der Waals surface area contributed by atoms with Gasteiger partial charge in [0.25, 0.3) is 5.56 Å². The lowest BCUT2D eigenvalue weighted by molar-refractivity contribution is 0.384. The number of sulfonamides is 1. The van der Waals surface area contributed by atoms with Crippen LogP contribution in [0.1, 0.15) is 0 Å². The molecular weight excluding hydrogens is 375 g/mol. The van der Waals surface area contributed by atoms with Gasteiger partial charge in [-0.25, -0.2) is 13.5 Å². The highest BCUT2D eigenvalue weighted by Gasteiger charge is 2.29. The van der Waals surface area contributed by atoms with Gasteiger partial charge in [-0.05, 0) is 18.2 Å². The van der Waals surface area contributed by atoms with Gasteiger partial charge in [0.2, 0.25) is 10.0 Å². The number of hydrogen-bond donors (Lipinski definition) is 1. The zero-order chi connectivity index (χ0) is 17.3. The average Bonchev–Trinajstić information content (AvgIpc) is 2.57. The summed E-state index contributed by atoms with van der Waals surface area (Å²) < 4.78 is 26.7. The van der Waals surface area contributed by atoms with Crippen molar-refractivity contribution < 1.29 is 8.42 Å². The number of piperazine rings is 1. The number of nitrogens with zero attached hydrogens (tertiary/aromatic N) is 3. The van der Waals surface area contributed by atoms with Gasteiger partial charge < -0.3 is 4.90 Å². The minimum Gasteiger partial charge on any atom is -0.366 e. The first kappa shape index (κ1) is 17.2. The predicted octanol–water partition coefficient (Wildman–Crippen LogP) is 1.59. The van der Waals surface area contributed by atoms with Crippen LogP contribution in [0, 0.1) is 0 Å². The van der Waals surface area contributed by atoms with Crippen LogP contribution in [0.4, 0.5) is 5.69 Å². The van der Waals surface area contributed by atoms with E-state index in [1.807, 2.05) is 4.90 Å². The van der Waals surface area contributed by atoms with Crippen LogP contribution in [0.2, 0.25) is 10.0 Å². The molecule has 0 bridgehead atoms. The second-order valence-corrected chi connectivity index (χ2v) is 8.00. The van der Waals surface area contributed by atoms with Crippen LogP contribution in [-0.2, 0) is 10.0 Å². The predicted molar refractivity (Wildman–Crippen MR) is 92.3 cm³/mol. The van der Waals surface area contributed by atoms with Crippen molar-refractivity contribution in [1.29, 1.82) is 0 Å². The molecule has 10 heteroatoms. The van der Waals surface area contributed by atoms with Crippen molar-refractivity contribution >= 4 is 38.9 Å². The maximum Gasteiger partial charge on any atom is 0.285 e. The second-order valence-electron chi connectivity index (χ2n) is 5.25. The zero-order valence-corrected chi connectivity index (χ0v) is 14.8. The summed E-state index contributed by atoms with van der Waals surface area (Å²) in [4.78, 5) is 13.5. The van der Waals surface area contributed by atoms with Gasteiger partial charge >= 0.3 is 0 Å². The Balaban J connectivity index is 1.77. The van der Waals surface area contributed by atoms with E-state index < -0.39 is 15.6 Å². The number of nitrogens with one attached hydrogen (secondary N) is 1. The van der Waals surface area contributed by atoms with Gasteiger partial charge in [0.15, 0.2) is 0 Å². The summed E-state index contributed by atoms with van der Waals surface area (Å²) in [5.74, 6) is 0. The standard InChI is InChI=1S/C14H14Cl2N4O3S/c15-10-2-1-3-11(8-10)24(22,23)20-6-4-19(5-7-20)12-9-17-18-14(21)13(12)16/h1-3,8-9H,4-7H2,(H,18,21). The summed E-state index contributed by atoms with van der Waals surface area (Å²) in [7, 11) is -3.60. The molecule has 7 nitrogen and oxygen atoms in total. The van der Waals surface area contributed by atoms with Crippen molar-refractivity contribution in [2.24, 2.45) is 0 Å². The molecule has 1 aliphatic heterocycles. The molecule has 1 fully saturated rings. The van der Waals surface area contributed by atoms with Crippen LogP contribution in [0.25, 0.3) is 0 Å². The fourth-order valence-corrected chi connectivity index (χ4v) is 4.47. The second kappa shape index (κ2) is 6.72. The van der Waals surface area contributed by atoms with E-state index in [-0.39, 0.29) is 23.0 Å². The summed E-state index contributed by atoms with van der Waals surface area (Å²) in [6.07, 6.45) is 1.46. The molecule has 0 saturated carbocycles. The van der Waals surface area contributed by atoms with E-state index >= 15 is 0 Å². The van der Waals surface area contributed by atoms with Crippen LogP contribution in [-0.4, -0.2) is 49.1 Å². The third-order valence-electron chi connectivity index (χ3n) is 3.79. The number of halogens is 2. The van der Waals surface area contributed by atoms with Gasteiger partial charge in [0, 0.05) is 31.2 Å². The molecule has 0 amide bonds. The molecule has 0 unspecified atom stereocenters. The van der Waals surface area contributed by atoms with Crippen LogP contribution in [0.15, 0.2) is 40.2 Å². The average molecular weight is 389 g/mol. The Bertz CT molecular complexity index is 908. The maximum absolute atomic E-state index is 12.7. The highest BCUT2D eigenvalue weighted by atomic mass is 35.5. The lowest BCUT2D eigenvalue weighted by atomic mass is 10.3. The summed E-state index contributed by atoms with van der Waals surface area (Å²) in [6, 6.07) is 6.18. The Morgan fingerprint density at radius 3 is 2.50 bits per heavy atom. The molecule has 0 radical (unpaired) electrons. The molecule has 1 aromatic carbocycles. The van der Waals surface area contributed by atoms with E-state index in [1.165, 1.54) is 22.6 Å². The molecule has 0 atom stereocenters. The Morgan fingerprint density at radius 2 is 1.83 bits per heavy atom. The van der Waals surface area contributed by atoms with E-state index in [4.69, 9.17) is 23.2 Å². The largest absolute Gasteiger partial charge is 0.366 e. The fourth-order valence-electron chi connectivity index (χ4n) is 2.54. The van der Waals surface area contributed by atoms with E-state index in [0.717, 1.165) is 0 Å². The monoisotopic (exact) mass is 388 g/mol. The fraction of sp³-hybridized carbons (Fsp3) is 0.286. The summed E-state index contributed by atoms with van der Waals surface area (Å²) >= 11 is 11.9. The molecule has 2 aromatic rings. The number of rotatable bonds is 3. The first-order valence-corrected chi connectivity index (χ1v) is 9.33. The molecule has 2 heterocycles. The third-order valence-corrected chi connectivity index (χ3v) is 6.29. The summed E-state index contributed by atoms with van der Waals surface area (Å²) in [5.41, 5.74) is 0.0309. The van der Waals surface area contributed by atoms with Crippen molar-refractivity contribution in [1.82, 2.24) is 14.5 Å². The molecule has 3 rings (SSSR count). The van der Waals surface area contributed by atoms with Crippen molar-refractivity contribution in [3.8, 4) is 0 Å². The molecule has 1 saturated heterocycles. The summed E-state index contributed by atoms with van der Waals surface area (Å²) in [5, 5.41) is 6.41. The number of hydrogen-bond acceptors (Lipinski definition) is 5. The molecule has 1 N–H and O–H groups in total.